The molecule has 0 unspecified atom stereocenters. The van der Waals surface area contributed by atoms with Gasteiger partial charge in [0.05, 0.1) is 0 Å². The van der Waals surface area contributed by atoms with Crippen LogP contribution in [-0.2, 0) is 0 Å². The minimum absolute atomic E-state index is 0.968. The molecule has 2 rings (SSSR count). The van der Waals surface area contributed by atoms with Crippen molar-refractivity contribution in [2.24, 2.45) is 4.99 Å². The molecule has 3 heteroatoms. The number of halogens is 1. The Kier molecular flexibility index (Phi) is 2.87. The highest BCUT2D eigenvalue weighted by molar-refractivity contribution is 9.10. The zero-order valence-corrected chi connectivity index (χ0v) is 9.76. The number of nitrogens with one attached hydrogen (secondary N) is 1. The fourth-order valence-electron chi connectivity index (χ4n) is 1.62. The number of rotatable bonds is 1. The van der Waals surface area contributed by atoms with Crippen LogP contribution in [0.1, 0.15) is 18.4 Å². The number of aliphatic imine (C=N–C) groups is 1. The fourth-order valence-corrected chi connectivity index (χ4v) is 2.22. The average Bonchev–Trinajstić information content (AvgIpc) is 2.54. The second-order valence-electron chi connectivity index (χ2n) is 3.57. The SMILES string of the molecule is Cc1cc(Br)cc(NC2=NCCC2)c1. The van der Waals surface area contributed by atoms with E-state index in [1.54, 1.807) is 0 Å². The first-order valence-corrected chi connectivity index (χ1v) is 5.61. The molecule has 0 spiro atoms. The highest BCUT2D eigenvalue weighted by Crippen LogP contribution is 2.20. The normalized spacial score (nSPS) is 15.4. The van der Waals surface area contributed by atoms with Crippen LogP contribution in [-0.4, -0.2) is 12.4 Å². The van der Waals surface area contributed by atoms with E-state index in [0.29, 0.717) is 0 Å². The first-order chi connectivity index (χ1) is 6.74. The molecule has 0 bridgehead atoms. The van der Waals surface area contributed by atoms with Crippen molar-refractivity contribution in [1.29, 1.82) is 0 Å². The van der Waals surface area contributed by atoms with Crippen molar-refractivity contribution in [3.8, 4) is 0 Å². The number of anilines is 1. The predicted molar refractivity (Wildman–Crippen MR) is 64.0 cm³/mol. The summed E-state index contributed by atoms with van der Waals surface area (Å²) in [7, 11) is 0. The summed E-state index contributed by atoms with van der Waals surface area (Å²) in [6.45, 7) is 3.06. The van der Waals surface area contributed by atoms with Crippen molar-refractivity contribution >= 4 is 27.5 Å². The molecule has 1 N–H and O–H groups in total. The molecule has 0 atom stereocenters. The van der Waals surface area contributed by atoms with E-state index < -0.39 is 0 Å². The molecule has 0 aliphatic carbocycles. The molecule has 1 aliphatic rings. The molecule has 0 saturated heterocycles. The molecule has 1 aliphatic heterocycles. The van der Waals surface area contributed by atoms with E-state index >= 15 is 0 Å². The third-order valence-corrected chi connectivity index (χ3v) is 2.66. The first kappa shape index (κ1) is 9.71. The molecule has 0 fully saturated rings. The highest BCUT2D eigenvalue weighted by atomic mass is 79.9. The van der Waals surface area contributed by atoms with Gasteiger partial charge in [0, 0.05) is 23.1 Å². The molecular formula is C11H13BrN2. The molecule has 0 amide bonds. The van der Waals surface area contributed by atoms with Crippen molar-refractivity contribution in [2.75, 3.05) is 11.9 Å². The lowest BCUT2D eigenvalue weighted by molar-refractivity contribution is 0.951. The second kappa shape index (κ2) is 4.13. The van der Waals surface area contributed by atoms with E-state index in [-0.39, 0.29) is 0 Å². The van der Waals surface area contributed by atoms with Crippen LogP contribution in [0.3, 0.4) is 0 Å². The molecule has 1 aromatic carbocycles. The minimum Gasteiger partial charge on any atom is -0.344 e. The zero-order chi connectivity index (χ0) is 9.97. The lowest BCUT2D eigenvalue weighted by Crippen LogP contribution is -2.08. The van der Waals surface area contributed by atoms with Crippen LogP contribution in [0.4, 0.5) is 5.69 Å². The van der Waals surface area contributed by atoms with Crippen molar-refractivity contribution in [2.45, 2.75) is 19.8 Å². The number of amidine groups is 1. The Morgan fingerprint density at radius 2 is 2.21 bits per heavy atom. The van der Waals surface area contributed by atoms with Gasteiger partial charge < -0.3 is 5.32 Å². The lowest BCUT2D eigenvalue weighted by Gasteiger charge is -2.07. The van der Waals surface area contributed by atoms with Crippen LogP contribution < -0.4 is 5.32 Å². The lowest BCUT2D eigenvalue weighted by atomic mass is 10.2. The van der Waals surface area contributed by atoms with Crippen LogP contribution in [0.5, 0.6) is 0 Å². The molecule has 2 nitrogen and oxygen atoms in total. The monoisotopic (exact) mass is 252 g/mol. The maximum atomic E-state index is 4.38. The summed E-state index contributed by atoms with van der Waals surface area (Å²) in [5.41, 5.74) is 2.37. The Balaban J connectivity index is 2.15. The van der Waals surface area contributed by atoms with Gasteiger partial charge in [-0.2, -0.15) is 0 Å². The second-order valence-corrected chi connectivity index (χ2v) is 4.49. The Labute approximate surface area is 92.6 Å². The largest absolute Gasteiger partial charge is 0.344 e. The molecule has 1 heterocycles. The first-order valence-electron chi connectivity index (χ1n) is 4.81. The number of hydrogen-bond donors (Lipinski definition) is 1. The van der Waals surface area contributed by atoms with Gasteiger partial charge in [0.25, 0.3) is 0 Å². The quantitative estimate of drug-likeness (QED) is 0.815. The van der Waals surface area contributed by atoms with E-state index in [4.69, 9.17) is 0 Å². The maximum Gasteiger partial charge on any atom is 0.101 e. The van der Waals surface area contributed by atoms with Gasteiger partial charge in [-0.1, -0.05) is 15.9 Å². The van der Waals surface area contributed by atoms with E-state index in [2.05, 4.69) is 51.4 Å². The average molecular weight is 253 g/mol. The summed E-state index contributed by atoms with van der Waals surface area (Å²) in [6, 6.07) is 6.31. The Bertz CT molecular complexity index is 351. The topological polar surface area (TPSA) is 24.4 Å². The van der Waals surface area contributed by atoms with Gasteiger partial charge in [-0.05, 0) is 37.1 Å². The minimum atomic E-state index is 0.968. The molecule has 0 aromatic heterocycles. The molecule has 0 saturated carbocycles. The third kappa shape index (κ3) is 2.35. The standard InChI is InChI=1S/C11H13BrN2/c1-8-5-9(12)7-10(6-8)14-11-3-2-4-13-11/h5-7H,2-4H2,1H3,(H,13,14). The Morgan fingerprint density at radius 3 is 2.86 bits per heavy atom. The van der Waals surface area contributed by atoms with Crippen LogP contribution in [0.15, 0.2) is 27.7 Å². The molecular weight excluding hydrogens is 240 g/mol. The number of benzene rings is 1. The number of hydrogen-bond acceptors (Lipinski definition) is 2. The zero-order valence-electron chi connectivity index (χ0n) is 8.18. The van der Waals surface area contributed by atoms with Crippen LogP contribution >= 0.6 is 15.9 Å². The van der Waals surface area contributed by atoms with Gasteiger partial charge >= 0.3 is 0 Å². The smallest absolute Gasteiger partial charge is 0.101 e. The molecule has 1 aromatic rings. The molecule has 0 radical (unpaired) electrons. The van der Waals surface area contributed by atoms with Crippen LogP contribution in [0, 0.1) is 6.92 Å². The van der Waals surface area contributed by atoms with Gasteiger partial charge in [0.2, 0.25) is 0 Å². The van der Waals surface area contributed by atoms with Crippen LogP contribution in [0.25, 0.3) is 0 Å². The van der Waals surface area contributed by atoms with Crippen molar-refractivity contribution in [1.82, 2.24) is 0 Å². The maximum absolute atomic E-state index is 4.38. The van der Waals surface area contributed by atoms with Crippen molar-refractivity contribution in [3.05, 3.63) is 28.2 Å². The van der Waals surface area contributed by atoms with Crippen molar-refractivity contribution in [3.63, 3.8) is 0 Å². The summed E-state index contributed by atoms with van der Waals surface area (Å²) in [6.07, 6.45) is 2.25. The van der Waals surface area contributed by atoms with Gasteiger partial charge in [-0.25, -0.2) is 0 Å². The van der Waals surface area contributed by atoms with Gasteiger partial charge in [-0.3, -0.25) is 4.99 Å². The van der Waals surface area contributed by atoms with Crippen LogP contribution in [0.2, 0.25) is 0 Å². The number of nitrogens with zero attached hydrogens (tertiary/aromatic N) is 1. The Hall–Kier alpha value is -0.830. The summed E-state index contributed by atoms with van der Waals surface area (Å²) < 4.78 is 1.11. The summed E-state index contributed by atoms with van der Waals surface area (Å²) in [4.78, 5) is 4.38. The van der Waals surface area contributed by atoms with E-state index in [1.165, 1.54) is 12.0 Å². The highest BCUT2D eigenvalue weighted by Gasteiger charge is 2.06. The van der Waals surface area contributed by atoms with Gasteiger partial charge in [-0.15, -0.1) is 0 Å². The van der Waals surface area contributed by atoms with E-state index in [1.807, 2.05) is 0 Å². The van der Waals surface area contributed by atoms with Gasteiger partial charge in [0.1, 0.15) is 5.84 Å². The number of aryl methyl sites for hydroxylation is 1. The van der Waals surface area contributed by atoms with E-state index in [9.17, 15) is 0 Å². The molecule has 74 valence electrons. The summed E-state index contributed by atoms with van der Waals surface area (Å²) >= 11 is 3.48. The fraction of sp³-hybridized carbons (Fsp3) is 0.364. The van der Waals surface area contributed by atoms with Gasteiger partial charge in [0.15, 0.2) is 0 Å². The van der Waals surface area contributed by atoms with E-state index in [0.717, 1.165) is 29.0 Å². The van der Waals surface area contributed by atoms with Crippen molar-refractivity contribution < 1.29 is 0 Å². The summed E-state index contributed by atoms with van der Waals surface area (Å²) in [5.74, 6) is 1.11. The summed E-state index contributed by atoms with van der Waals surface area (Å²) in [5, 5.41) is 3.34. The molecule has 14 heavy (non-hydrogen) atoms. The third-order valence-electron chi connectivity index (χ3n) is 2.21. The predicted octanol–water partition coefficient (Wildman–Crippen LogP) is 3.36. The Morgan fingerprint density at radius 1 is 1.36 bits per heavy atom.